The van der Waals surface area contributed by atoms with Gasteiger partial charge < -0.3 is 11.1 Å². The predicted molar refractivity (Wildman–Crippen MR) is 73.9 cm³/mol. The van der Waals surface area contributed by atoms with E-state index in [0.29, 0.717) is 5.69 Å². The molecule has 1 amide bonds. The molecule has 4 nitrogen and oxygen atoms in total. The van der Waals surface area contributed by atoms with Crippen molar-refractivity contribution >= 4 is 47.3 Å². The van der Waals surface area contributed by atoms with Crippen molar-refractivity contribution in [2.45, 2.75) is 0 Å². The number of carbonyl (C=O) groups is 1. The Hall–Kier alpha value is -1.36. The first-order valence-electron chi connectivity index (χ1n) is 4.64. The molecule has 0 aliphatic carbocycles. The van der Waals surface area contributed by atoms with Crippen LogP contribution in [-0.4, -0.2) is 17.4 Å². The smallest absolute Gasteiger partial charge is 0.238 e. The molecular formula is C11H13Cl2N3O. The highest BCUT2D eigenvalue weighted by Gasteiger charge is 2.00. The highest BCUT2D eigenvalue weighted by atomic mass is 35.5. The van der Waals surface area contributed by atoms with Crippen molar-refractivity contribution in [3.63, 3.8) is 0 Å². The Bertz CT molecular complexity index is 505. The van der Waals surface area contributed by atoms with Gasteiger partial charge in [0, 0.05) is 5.39 Å². The third kappa shape index (κ3) is 3.85. The zero-order valence-corrected chi connectivity index (χ0v) is 10.6. The largest absolute Gasteiger partial charge is 0.324 e. The zero-order valence-electron chi connectivity index (χ0n) is 8.92. The number of aromatic nitrogens is 1. The van der Waals surface area contributed by atoms with Crippen molar-refractivity contribution < 1.29 is 4.79 Å². The molecule has 1 aromatic carbocycles. The minimum absolute atomic E-state index is 0. The second-order valence-corrected chi connectivity index (χ2v) is 3.17. The molecule has 2 aromatic rings. The standard InChI is InChI=1S/C11H11N3O.2ClH/c12-6-11(15)14-9-5-8-3-1-2-4-10(8)13-7-9;;/h1-5,7H,6,12H2,(H,14,15);2*1H. The number of benzene rings is 1. The number of anilines is 1. The van der Waals surface area contributed by atoms with Gasteiger partial charge >= 0.3 is 0 Å². The van der Waals surface area contributed by atoms with Crippen molar-refractivity contribution in [3.8, 4) is 0 Å². The number of halogens is 2. The topological polar surface area (TPSA) is 68.0 Å². The van der Waals surface area contributed by atoms with E-state index < -0.39 is 0 Å². The number of carbonyl (C=O) groups excluding carboxylic acids is 1. The molecule has 0 aliphatic rings. The van der Waals surface area contributed by atoms with Gasteiger partial charge in [0.2, 0.25) is 5.91 Å². The summed E-state index contributed by atoms with van der Waals surface area (Å²) in [5, 5.41) is 3.65. The van der Waals surface area contributed by atoms with Gasteiger partial charge in [-0.1, -0.05) is 18.2 Å². The van der Waals surface area contributed by atoms with E-state index in [2.05, 4.69) is 10.3 Å². The van der Waals surface area contributed by atoms with Crippen LogP contribution >= 0.6 is 24.8 Å². The summed E-state index contributed by atoms with van der Waals surface area (Å²) >= 11 is 0. The molecule has 0 saturated heterocycles. The van der Waals surface area contributed by atoms with Crippen molar-refractivity contribution in [3.05, 3.63) is 36.5 Å². The number of hydrogen-bond donors (Lipinski definition) is 2. The van der Waals surface area contributed by atoms with Gasteiger partial charge in [0.15, 0.2) is 0 Å². The number of fused-ring (bicyclic) bond motifs is 1. The summed E-state index contributed by atoms with van der Waals surface area (Å²) in [4.78, 5) is 15.3. The number of rotatable bonds is 2. The normalized spacial score (nSPS) is 9.00. The lowest BCUT2D eigenvalue weighted by molar-refractivity contribution is -0.114. The molecule has 0 atom stereocenters. The summed E-state index contributed by atoms with van der Waals surface area (Å²) in [6.07, 6.45) is 1.62. The minimum Gasteiger partial charge on any atom is -0.324 e. The summed E-state index contributed by atoms with van der Waals surface area (Å²) in [6.45, 7) is -0.0210. The molecule has 3 N–H and O–H groups in total. The Balaban J connectivity index is 0.00000128. The first-order chi connectivity index (χ1) is 7.29. The van der Waals surface area contributed by atoms with E-state index in [1.54, 1.807) is 6.20 Å². The third-order valence-corrected chi connectivity index (χ3v) is 2.06. The highest BCUT2D eigenvalue weighted by Crippen LogP contribution is 2.15. The highest BCUT2D eigenvalue weighted by molar-refractivity contribution is 5.94. The molecule has 2 rings (SSSR count). The molecule has 1 heterocycles. The van der Waals surface area contributed by atoms with Crippen LogP contribution in [0.5, 0.6) is 0 Å². The number of para-hydroxylation sites is 1. The van der Waals surface area contributed by atoms with Gasteiger partial charge in [-0.15, -0.1) is 24.8 Å². The van der Waals surface area contributed by atoms with E-state index in [1.165, 1.54) is 0 Å². The Morgan fingerprint density at radius 2 is 2.00 bits per heavy atom. The van der Waals surface area contributed by atoms with E-state index in [4.69, 9.17) is 5.73 Å². The molecule has 92 valence electrons. The number of amides is 1. The van der Waals surface area contributed by atoms with E-state index in [0.717, 1.165) is 10.9 Å². The molecule has 6 heteroatoms. The maximum absolute atomic E-state index is 11.1. The second kappa shape index (κ2) is 7.06. The summed E-state index contributed by atoms with van der Waals surface area (Å²) in [7, 11) is 0. The maximum Gasteiger partial charge on any atom is 0.238 e. The number of nitrogens with one attached hydrogen (secondary N) is 1. The number of hydrogen-bond acceptors (Lipinski definition) is 3. The first kappa shape index (κ1) is 15.6. The average molecular weight is 274 g/mol. The van der Waals surface area contributed by atoms with E-state index in [9.17, 15) is 4.79 Å². The second-order valence-electron chi connectivity index (χ2n) is 3.17. The van der Waals surface area contributed by atoms with E-state index >= 15 is 0 Å². The molecule has 0 spiro atoms. The summed E-state index contributed by atoms with van der Waals surface area (Å²) in [6, 6.07) is 9.59. The Kier molecular flexibility index (Phi) is 6.50. The van der Waals surface area contributed by atoms with Gasteiger partial charge in [-0.2, -0.15) is 0 Å². The van der Waals surface area contributed by atoms with Gasteiger partial charge in [0.1, 0.15) is 0 Å². The fourth-order valence-electron chi connectivity index (χ4n) is 1.35. The summed E-state index contributed by atoms with van der Waals surface area (Å²) in [5.41, 5.74) is 6.78. The van der Waals surface area contributed by atoms with Gasteiger partial charge in [-0.3, -0.25) is 9.78 Å². The molecule has 0 unspecified atom stereocenters. The Labute approximate surface area is 111 Å². The van der Waals surface area contributed by atoms with Crippen LogP contribution in [0.25, 0.3) is 10.9 Å². The number of nitrogens with zero attached hydrogens (tertiary/aromatic N) is 1. The lowest BCUT2D eigenvalue weighted by Gasteiger charge is -2.03. The van der Waals surface area contributed by atoms with Crippen LogP contribution in [0.15, 0.2) is 36.5 Å². The molecular weight excluding hydrogens is 261 g/mol. The molecule has 17 heavy (non-hydrogen) atoms. The van der Waals surface area contributed by atoms with Crippen LogP contribution in [0.2, 0.25) is 0 Å². The van der Waals surface area contributed by atoms with Gasteiger partial charge in [-0.05, 0) is 12.1 Å². The molecule has 0 bridgehead atoms. The summed E-state index contributed by atoms with van der Waals surface area (Å²) in [5.74, 6) is -0.216. The van der Waals surface area contributed by atoms with Gasteiger partial charge in [-0.25, -0.2) is 0 Å². The van der Waals surface area contributed by atoms with Crippen LogP contribution in [0, 0.1) is 0 Å². The maximum atomic E-state index is 11.1. The average Bonchev–Trinajstić information content (AvgIpc) is 2.29. The monoisotopic (exact) mass is 273 g/mol. The predicted octanol–water partition coefficient (Wildman–Crippen LogP) is 1.98. The molecule has 0 fully saturated rings. The fraction of sp³-hybridized carbons (Fsp3) is 0.0909. The van der Waals surface area contributed by atoms with Crippen LogP contribution in [0.4, 0.5) is 5.69 Å². The van der Waals surface area contributed by atoms with Crippen LogP contribution in [0.1, 0.15) is 0 Å². The minimum atomic E-state index is -0.216. The van der Waals surface area contributed by atoms with Crippen molar-refractivity contribution in [1.82, 2.24) is 4.98 Å². The lowest BCUT2D eigenvalue weighted by atomic mass is 10.2. The number of nitrogens with two attached hydrogens (primary N) is 1. The third-order valence-electron chi connectivity index (χ3n) is 2.06. The van der Waals surface area contributed by atoms with Crippen LogP contribution < -0.4 is 11.1 Å². The van der Waals surface area contributed by atoms with Crippen LogP contribution in [0.3, 0.4) is 0 Å². The van der Waals surface area contributed by atoms with E-state index in [-0.39, 0.29) is 37.3 Å². The van der Waals surface area contributed by atoms with Gasteiger partial charge in [0.25, 0.3) is 0 Å². The molecule has 0 saturated carbocycles. The van der Waals surface area contributed by atoms with Crippen molar-refractivity contribution in [2.75, 3.05) is 11.9 Å². The Morgan fingerprint density at radius 1 is 1.29 bits per heavy atom. The summed E-state index contributed by atoms with van der Waals surface area (Å²) < 4.78 is 0. The first-order valence-corrected chi connectivity index (χ1v) is 4.64. The lowest BCUT2D eigenvalue weighted by Crippen LogP contribution is -2.21. The SMILES string of the molecule is Cl.Cl.NCC(=O)Nc1cnc2ccccc2c1. The van der Waals surface area contributed by atoms with Crippen molar-refractivity contribution in [1.29, 1.82) is 0 Å². The molecule has 1 aromatic heterocycles. The molecule has 0 aliphatic heterocycles. The fourth-order valence-corrected chi connectivity index (χ4v) is 1.35. The van der Waals surface area contributed by atoms with Crippen molar-refractivity contribution in [2.24, 2.45) is 5.73 Å². The quantitative estimate of drug-likeness (QED) is 0.879. The van der Waals surface area contributed by atoms with E-state index in [1.807, 2.05) is 30.3 Å². The zero-order chi connectivity index (χ0) is 10.7. The number of pyridine rings is 1. The van der Waals surface area contributed by atoms with Crippen LogP contribution in [-0.2, 0) is 4.79 Å². The van der Waals surface area contributed by atoms with Gasteiger partial charge in [0.05, 0.1) is 23.9 Å². The molecule has 0 radical (unpaired) electrons. The Morgan fingerprint density at radius 3 is 2.71 bits per heavy atom.